The van der Waals surface area contributed by atoms with Crippen LogP contribution >= 0.6 is 12.2 Å². The molecule has 4 bridgehead atoms. The second-order valence-corrected chi connectivity index (χ2v) is 12.7. The van der Waals surface area contributed by atoms with Crippen LogP contribution in [0.2, 0.25) is 0 Å². The normalized spacial score (nSPS) is 31.9. The molecule has 174 valence electrons. The molecule has 0 aromatic heterocycles. The molecule has 8 heteroatoms. The van der Waals surface area contributed by atoms with Gasteiger partial charge in [0.25, 0.3) is 0 Å². The van der Waals surface area contributed by atoms with E-state index in [4.69, 9.17) is 12.2 Å². The predicted molar refractivity (Wildman–Crippen MR) is 129 cm³/mol. The lowest BCUT2D eigenvalue weighted by atomic mass is 9.49. The first-order valence-corrected chi connectivity index (χ1v) is 14.0. The van der Waals surface area contributed by atoms with Crippen molar-refractivity contribution in [2.45, 2.75) is 81.6 Å². The van der Waals surface area contributed by atoms with Crippen molar-refractivity contribution in [3.8, 4) is 0 Å². The summed E-state index contributed by atoms with van der Waals surface area (Å²) in [5, 5.41) is 6.26. The predicted octanol–water partition coefficient (Wildman–Crippen LogP) is 4.33. The Kier molecular flexibility index (Phi) is 6.05. The van der Waals surface area contributed by atoms with Gasteiger partial charge in [-0.1, -0.05) is 19.3 Å². The number of thiocarbonyl (C=S) groups is 1. The molecular weight excluding hydrogens is 442 g/mol. The number of sulfonamides is 1. The minimum Gasteiger partial charge on any atom is -0.332 e. The molecule has 0 aliphatic heterocycles. The molecule has 6 rings (SSSR count). The molecule has 0 heterocycles. The number of amides is 1. The Balaban J connectivity index is 1.18. The maximum atomic E-state index is 13.1. The van der Waals surface area contributed by atoms with Crippen LogP contribution in [0, 0.1) is 23.2 Å². The molecule has 32 heavy (non-hydrogen) atoms. The maximum absolute atomic E-state index is 13.1. The van der Waals surface area contributed by atoms with E-state index in [1.54, 1.807) is 24.3 Å². The van der Waals surface area contributed by atoms with Crippen molar-refractivity contribution in [3.63, 3.8) is 0 Å². The highest BCUT2D eigenvalue weighted by Gasteiger charge is 2.54. The first-order valence-electron chi connectivity index (χ1n) is 12.1. The van der Waals surface area contributed by atoms with Crippen LogP contribution in [0.5, 0.6) is 0 Å². The van der Waals surface area contributed by atoms with Gasteiger partial charge in [0, 0.05) is 11.7 Å². The van der Waals surface area contributed by atoms with Crippen LogP contribution in [0.25, 0.3) is 0 Å². The molecular formula is C24H33N3O3S2. The van der Waals surface area contributed by atoms with Crippen molar-refractivity contribution in [1.82, 2.24) is 10.0 Å². The fourth-order valence-electron chi connectivity index (χ4n) is 7.01. The fourth-order valence-corrected chi connectivity index (χ4v) is 8.53. The molecule has 1 amide bonds. The van der Waals surface area contributed by atoms with Gasteiger partial charge < -0.3 is 10.6 Å². The molecule has 0 radical (unpaired) electrons. The first-order chi connectivity index (χ1) is 15.3. The molecule has 5 aliphatic carbocycles. The van der Waals surface area contributed by atoms with Gasteiger partial charge in [0.15, 0.2) is 5.11 Å². The summed E-state index contributed by atoms with van der Waals surface area (Å²) in [5.74, 6) is 2.16. The number of carbonyl (C=O) groups is 1. The maximum Gasteiger partial charge on any atom is 0.240 e. The van der Waals surface area contributed by atoms with Crippen LogP contribution in [0.1, 0.15) is 70.6 Å². The Hall–Kier alpha value is -1.51. The van der Waals surface area contributed by atoms with Gasteiger partial charge in [-0.15, -0.1) is 0 Å². The molecule has 1 aromatic carbocycles. The molecule has 0 atom stereocenters. The summed E-state index contributed by atoms with van der Waals surface area (Å²) < 4.78 is 28.2. The van der Waals surface area contributed by atoms with Gasteiger partial charge >= 0.3 is 0 Å². The van der Waals surface area contributed by atoms with E-state index in [-0.39, 0.29) is 27.4 Å². The van der Waals surface area contributed by atoms with Gasteiger partial charge in [-0.05, 0) is 106 Å². The molecule has 5 aliphatic rings. The third-order valence-electron chi connectivity index (χ3n) is 8.10. The van der Waals surface area contributed by atoms with Gasteiger partial charge in [-0.3, -0.25) is 4.79 Å². The summed E-state index contributed by atoms with van der Waals surface area (Å²) in [7, 11) is -3.53. The SMILES string of the molecule is O=C(NC(=S)Nc1ccc(S(=O)(=O)NC2CCCCC2)cc1)C12CC3CC(CC(C3)C1)C2. The second-order valence-electron chi connectivity index (χ2n) is 10.6. The van der Waals surface area contributed by atoms with E-state index in [1.807, 2.05) is 0 Å². The van der Waals surface area contributed by atoms with Crippen molar-refractivity contribution >= 4 is 38.9 Å². The van der Waals surface area contributed by atoms with E-state index in [0.717, 1.165) is 44.9 Å². The number of hydrogen-bond acceptors (Lipinski definition) is 4. The summed E-state index contributed by atoms with van der Waals surface area (Å²) >= 11 is 5.41. The summed E-state index contributed by atoms with van der Waals surface area (Å²) in [5.41, 5.74) is 0.417. The van der Waals surface area contributed by atoms with Gasteiger partial charge in [0.2, 0.25) is 15.9 Å². The Morgan fingerprint density at radius 2 is 1.47 bits per heavy atom. The molecule has 1 aromatic rings. The van der Waals surface area contributed by atoms with Crippen molar-refractivity contribution in [2.24, 2.45) is 23.2 Å². The van der Waals surface area contributed by atoms with Crippen LogP contribution < -0.4 is 15.4 Å². The number of hydrogen-bond donors (Lipinski definition) is 3. The van der Waals surface area contributed by atoms with E-state index in [9.17, 15) is 13.2 Å². The first kappa shape index (κ1) is 22.3. The number of benzene rings is 1. The Labute approximate surface area is 196 Å². The lowest BCUT2D eigenvalue weighted by Gasteiger charge is -2.55. The van der Waals surface area contributed by atoms with Gasteiger partial charge in [0.1, 0.15) is 0 Å². The zero-order valence-corrected chi connectivity index (χ0v) is 20.1. The van der Waals surface area contributed by atoms with E-state index in [0.29, 0.717) is 23.4 Å². The van der Waals surface area contributed by atoms with Crippen LogP contribution in [0.15, 0.2) is 29.2 Å². The molecule has 6 nitrogen and oxygen atoms in total. The van der Waals surface area contributed by atoms with Gasteiger partial charge in [0.05, 0.1) is 10.3 Å². The summed E-state index contributed by atoms with van der Waals surface area (Å²) in [6.45, 7) is 0. The van der Waals surface area contributed by atoms with Crippen molar-refractivity contribution < 1.29 is 13.2 Å². The molecule has 0 spiro atoms. The quantitative estimate of drug-likeness (QED) is 0.552. The highest BCUT2D eigenvalue weighted by atomic mass is 32.2. The largest absolute Gasteiger partial charge is 0.332 e. The van der Waals surface area contributed by atoms with Crippen LogP contribution in [0.4, 0.5) is 5.69 Å². The minimum absolute atomic E-state index is 0.0268. The Morgan fingerprint density at radius 3 is 2.03 bits per heavy atom. The molecule has 0 saturated heterocycles. The minimum atomic E-state index is -3.53. The van der Waals surface area contributed by atoms with E-state index in [1.165, 1.54) is 25.7 Å². The number of nitrogens with one attached hydrogen (secondary N) is 3. The van der Waals surface area contributed by atoms with Crippen LogP contribution in [0.3, 0.4) is 0 Å². The molecule has 5 fully saturated rings. The van der Waals surface area contributed by atoms with E-state index >= 15 is 0 Å². The van der Waals surface area contributed by atoms with Crippen LogP contribution in [-0.2, 0) is 14.8 Å². The number of carbonyl (C=O) groups excluding carboxylic acids is 1. The smallest absolute Gasteiger partial charge is 0.240 e. The van der Waals surface area contributed by atoms with Crippen molar-refractivity contribution in [2.75, 3.05) is 5.32 Å². The number of anilines is 1. The second kappa shape index (κ2) is 8.69. The topological polar surface area (TPSA) is 87.3 Å². The highest BCUT2D eigenvalue weighted by molar-refractivity contribution is 7.89. The Bertz CT molecular complexity index is 949. The summed E-state index contributed by atoms with van der Waals surface area (Å²) in [4.78, 5) is 13.4. The zero-order chi connectivity index (χ0) is 22.3. The lowest BCUT2D eigenvalue weighted by Crippen LogP contribution is -2.55. The van der Waals surface area contributed by atoms with Crippen molar-refractivity contribution in [1.29, 1.82) is 0 Å². The van der Waals surface area contributed by atoms with E-state index < -0.39 is 10.0 Å². The molecule has 3 N–H and O–H groups in total. The monoisotopic (exact) mass is 475 g/mol. The highest BCUT2D eigenvalue weighted by Crippen LogP contribution is 2.60. The lowest BCUT2D eigenvalue weighted by molar-refractivity contribution is -0.144. The van der Waals surface area contributed by atoms with Crippen molar-refractivity contribution in [3.05, 3.63) is 24.3 Å². The molecule has 5 saturated carbocycles. The average molecular weight is 476 g/mol. The zero-order valence-electron chi connectivity index (χ0n) is 18.4. The third kappa shape index (κ3) is 4.59. The third-order valence-corrected chi connectivity index (χ3v) is 9.84. The van der Waals surface area contributed by atoms with Gasteiger partial charge in [-0.2, -0.15) is 0 Å². The fraction of sp³-hybridized carbons (Fsp3) is 0.667. The average Bonchev–Trinajstić information content (AvgIpc) is 2.73. The van der Waals surface area contributed by atoms with E-state index in [2.05, 4.69) is 15.4 Å². The summed E-state index contributed by atoms with van der Waals surface area (Å²) in [6, 6.07) is 6.57. The number of rotatable bonds is 5. The standard InChI is InChI=1S/C24H33N3O3S2/c28-22(24-13-16-10-17(14-24)12-18(11-16)15-24)26-23(31)25-19-6-8-21(9-7-19)32(29,30)27-20-4-2-1-3-5-20/h6-9,16-18,20,27H,1-5,10-15H2,(H2,25,26,28,31). The molecule has 0 unspecified atom stereocenters. The summed E-state index contributed by atoms with van der Waals surface area (Å²) in [6.07, 6.45) is 12.0. The van der Waals surface area contributed by atoms with Crippen LogP contribution in [-0.4, -0.2) is 25.5 Å². The van der Waals surface area contributed by atoms with Gasteiger partial charge in [-0.25, -0.2) is 13.1 Å². The Morgan fingerprint density at radius 1 is 0.906 bits per heavy atom.